The molecule has 1 aliphatic heterocycles. The average Bonchev–Trinajstić information content (AvgIpc) is 3.16. The van der Waals surface area contributed by atoms with Crippen LogP contribution in [0.25, 0.3) is 0 Å². The first-order valence-electron chi connectivity index (χ1n) is 9.63. The first-order chi connectivity index (χ1) is 14.0. The second-order valence-corrected chi connectivity index (χ2v) is 7.04. The minimum Gasteiger partial charge on any atom is -0.497 e. The zero-order valence-corrected chi connectivity index (χ0v) is 17.0. The van der Waals surface area contributed by atoms with Crippen molar-refractivity contribution in [3.8, 4) is 11.5 Å². The van der Waals surface area contributed by atoms with E-state index in [-0.39, 0.29) is 17.9 Å². The second-order valence-electron chi connectivity index (χ2n) is 7.04. The monoisotopic (exact) mass is 397 g/mol. The molecule has 0 bridgehead atoms. The average molecular weight is 397 g/mol. The molecule has 7 heteroatoms. The molecule has 7 nitrogen and oxygen atoms in total. The van der Waals surface area contributed by atoms with Crippen molar-refractivity contribution in [3.05, 3.63) is 48.0 Å². The molecule has 2 amide bonds. The molecule has 1 saturated heterocycles. The van der Waals surface area contributed by atoms with Gasteiger partial charge in [-0.2, -0.15) is 0 Å². The van der Waals surface area contributed by atoms with Gasteiger partial charge in [-0.3, -0.25) is 14.5 Å². The number of likely N-dealkylation sites (tertiary alicyclic amines) is 1. The van der Waals surface area contributed by atoms with Crippen LogP contribution in [-0.2, 0) is 9.59 Å². The summed E-state index contributed by atoms with van der Waals surface area (Å²) in [6, 6.07) is 12.9. The van der Waals surface area contributed by atoms with Crippen LogP contribution in [0, 0.1) is 0 Å². The van der Waals surface area contributed by atoms with Crippen molar-refractivity contribution in [2.75, 3.05) is 37.9 Å². The Balaban J connectivity index is 1.66. The molecule has 29 heavy (non-hydrogen) atoms. The SMILES string of the molecule is COc1ccc(OC)c([C@@H]2CCCN2CC(=O)Nc2ccc(NC(C)=O)cc2)c1. The van der Waals surface area contributed by atoms with E-state index in [0.717, 1.165) is 36.4 Å². The van der Waals surface area contributed by atoms with Gasteiger partial charge in [0, 0.05) is 29.9 Å². The molecule has 1 atom stereocenters. The number of hydrogen-bond acceptors (Lipinski definition) is 5. The van der Waals surface area contributed by atoms with Gasteiger partial charge in [0.25, 0.3) is 0 Å². The predicted octanol–water partition coefficient (Wildman–Crippen LogP) is 3.44. The summed E-state index contributed by atoms with van der Waals surface area (Å²) in [5.74, 6) is 1.37. The van der Waals surface area contributed by atoms with E-state index in [4.69, 9.17) is 9.47 Å². The van der Waals surface area contributed by atoms with Crippen LogP contribution in [-0.4, -0.2) is 44.0 Å². The van der Waals surface area contributed by atoms with E-state index in [0.29, 0.717) is 17.9 Å². The summed E-state index contributed by atoms with van der Waals surface area (Å²) in [6.45, 7) is 2.60. The number of nitrogens with one attached hydrogen (secondary N) is 2. The van der Waals surface area contributed by atoms with Crippen molar-refractivity contribution >= 4 is 23.2 Å². The zero-order chi connectivity index (χ0) is 20.8. The van der Waals surface area contributed by atoms with Crippen LogP contribution in [0.3, 0.4) is 0 Å². The van der Waals surface area contributed by atoms with Crippen molar-refractivity contribution in [2.45, 2.75) is 25.8 Å². The Morgan fingerprint density at radius 2 is 1.72 bits per heavy atom. The summed E-state index contributed by atoms with van der Waals surface area (Å²) in [6.07, 6.45) is 1.98. The number of amides is 2. The Morgan fingerprint density at radius 3 is 2.34 bits per heavy atom. The van der Waals surface area contributed by atoms with Crippen molar-refractivity contribution < 1.29 is 19.1 Å². The molecule has 2 aromatic rings. The van der Waals surface area contributed by atoms with E-state index in [1.165, 1.54) is 6.92 Å². The largest absolute Gasteiger partial charge is 0.497 e. The van der Waals surface area contributed by atoms with E-state index in [1.54, 1.807) is 38.5 Å². The van der Waals surface area contributed by atoms with Gasteiger partial charge in [-0.15, -0.1) is 0 Å². The van der Waals surface area contributed by atoms with Gasteiger partial charge in [0.1, 0.15) is 11.5 Å². The Labute approximate surface area is 171 Å². The fraction of sp³-hybridized carbons (Fsp3) is 0.364. The van der Waals surface area contributed by atoms with Gasteiger partial charge >= 0.3 is 0 Å². The molecule has 1 fully saturated rings. The summed E-state index contributed by atoms with van der Waals surface area (Å²) < 4.78 is 10.9. The third kappa shape index (κ3) is 5.26. The highest BCUT2D eigenvalue weighted by atomic mass is 16.5. The maximum absolute atomic E-state index is 12.6. The lowest BCUT2D eigenvalue weighted by Gasteiger charge is -2.26. The molecule has 1 heterocycles. The lowest BCUT2D eigenvalue weighted by atomic mass is 10.0. The van der Waals surface area contributed by atoms with Crippen molar-refractivity contribution in [2.24, 2.45) is 0 Å². The third-order valence-electron chi connectivity index (χ3n) is 5.00. The summed E-state index contributed by atoms with van der Waals surface area (Å²) in [4.78, 5) is 25.9. The maximum atomic E-state index is 12.6. The van der Waals surface area contributed by atoms with E-state index >= 15 is 0 Å². The number of carbonyl (C=O) groups excluding carboxylic acids is 2. The number of carbonyl (C=O) groups is 2. The van der Waals surface area contributed by atoms with Crippen LogP contribution in [0.15, 0.2) is 42.5 Å². The number of methoxy groups -OCH3 is 2. The number of anilines is 2. The van der Waals surface area contributed by atoms with Crippen LogP contribution in [0.5, 0.6) is 11.5 Å². The molecule has 3 rings (SSSR count). The molecule has 0 radical (unpaired) electrons. The van der Waals surface area contributed by atoms with E-state index in [1.807, 2.05) is 18.2 Å². The molecular weight excluding hydrogens is 370 g/mol. The van der Waals surface area contributed by atoms with Gasteiger partial charge in [0.2, 0.25) is 11.8 Å². The van der Waals surface area contributed by atoms with Gasteiger partial charge in [0.15, 0.2) is 0 Å². The van der Waals surface area contributed by atoms with Crippen LogP contribution >= 0.6 is 0 Å². The Hall–Kier alpha value is -3.06. The summed E-state index contributed by atoms with van der Waals surface area (Å²) in [5.41, 5.74) is 2.43. The second kappa shape index (κ2) is 9.43. The highest BCUT2D eigenvalue weighted by molar-refractivity contribution is 5.93. The minimum atomic E-state index is -0.130. The van der Waals surface area contributed by atoms with Crippen LogP contribution < -0.4 is 20.1 Å². The van der Waals surface area contributed by atoms with E-state index in [9.17, 15) is 9.59 Å². The smallest absolute Gasteiger partial charge is 0.238 e. The maximum Gasteiger partial charge on any atom is 0.238 e. The summed E-state index contributed by atoms with van der Waals surface area (Å²) in [7, 11) is 3.30. The first kappa shape index (κ1) is 20.7. The Morgan fingerprint density at radius 1 is 1.03 bits per heavy atom. The standard InChI is InChI=1S/C22H27N3O4/c1-15(26)23-16-6-8-17(9-7-16)24-22(27)14-25-12-4-5-20(25)19-13-18(28-2)10-11-21(19)29-3/h6-11,13,20H,4-5,12,14H2,1-3H3,(H,23,26)(H,24,27)/t20-/m0/s1. The van der Waals surface area contributed by atoms with Crippen LogP contribution in [0.1, 0.15) is 31.4 Å². The van der Waals surface area contributed by atoms with Gasteiger partial charge in [-0.25, -0.2) is 0 Å². The lowest BCUT2D eigenvalue weighted by Crippen LogP contribution is -2.33. The predicted molar refractivity (Wildman–Crippen MR) is 112 cm³/mol. The van der Waals surface area contributed by atoms with E-state index in [2.05, 4.69) is 15.5 Å². The van der Waals surface area contributed by atoms with Crippen LogP contribution in [0.4, 0.5) is 11.4 Å². The zero-order valence-electron chi connectivity index (χ0n) is 17.0. The molecule has 0 aliphatic carbocycles. The quantitative estimate of drug-likeness (QED) is 0.748. The first-order valence-corrected chi connectivity index (χ1v) is 9.63. The molecule has 0 spiro atoms. The molecule has 0 aromatic heterocycles. The molecule has 2 N–H and O–H groups in total. The van der Waals surface area contributed by atoms with Crippen molar-refractivity contribution in [1.82, 2.24) is 4.90 Å². The highest BCUT2D eigenvalue weighted by Gasteiger charge is 2.30. The Kier molecular flexibility index (Phi) is 6.72. The number of ether oxygens (including phenoxy) is 2. The summed E-state index contributed by atoms with van der Waals surface area (Å²) >= 11 is 0. The molecule has 2 aromatic carbocycles. The molecule has 0 saturated carbocycles. The Bertz CT molecular complexity index is 867. The molecule has 0 unspecified atom stereocenters. The topological polar surface area (TPSA) is 79.9 Å². The number of rotatable bonds is 7. The fourth-order valence-corrected chi connectivity index (χ4v) is 3.69. The van der Waals surface area contributed by atoms with Gasteiger partial charge in [-0.1, -0.05) is 0 Å². The number of nitrogens with zero attached hydrogens (tertiary/aromatic N) is 1. The molecule has 1 aliphatic rings. The van der Waals surface area contributed by atoms with E-state index < -0.39 is 0 Å². The van der Waals surface area contributed by atoms with Gasteiger partial charge < -0.3 is 20.1 Å². The third-order valence-corrected chi connectivity index (χ3v) is 5.00. The minimum absolute atomic E-state index is 0.0777. The summed E-state index contributed by atoms with van der Waals surface area (Å²) in [5, 5.41) is 5.63. The normalized spacial score (nSPS) is 16.3. The highest BCUT2D eigenvalue weighted by Crippen LogP contribution is 2.38. The van der Waals surface area contributed by atoms with Crippen molar-refractivity contribution in [3.63, 3.8) is 0 Å². The van der Waals surface area contributed by atoms with Gasteiger partial charge in [0.05, 0.1) is 20.8 Å². The van der Waals surface area contributed by atoms with Gasteiger partial charge in [-0.05, 0) is 61.9 Å². The molecular formula is C22H27N3O4. The fourth-order valence-electron chi connectivity index (χ4n) is 3.69. The van der Waals surface area contributed by atoms with Crippen LogP contribution in [0.2, 0.25) is 0 Å². The number of benzene rings is 2. The van der Waals surface area contributed by atoms with Crippen molar-refractivity contribution in [1.29, 1.82) is 0 Å². The number of hydrogen-bond donors (Lipinski definition) is 2. The molecule has 154 valence electrons. The lowest BCUT2D eigenvalue weighted by molar-refractivity contribution is -0.117.